The van der Waals surface area contributed by atoms with Crippen LogP contribution < -0.4 is 16.0 Å². The number of ether oxygens (including phenoxy) is 1. The Hall–Kier alpha value is -0.270. The number of carbonyl (C=O) groups is 1. The number of nitrogens with one attached hydrogen (secondary N) is 3. The molecule has 0 aromatic carbocycles. The van der Waals surface area contributed by atoms with Crippen LogP contribution in [0, 0.1) is 11.8 Å². The second kappa shape index (κ2) is 14.4. The maximum Gasteiger partial charge on any atom is 0.263 e. The van der Waals surface area contributed by atoms with Gasteiger partial charge in [0, 0.05) is 5.92 Å². The van der Waals surface area contributed by atoms with Crippen LogP contribution in [0.15, 0.2) is 0 Å². The van der Waals surface area contributed by atoms with Crippen molar-refractivity contribution in [1.82, 2.24) is 16.0 Å². The van der Waals surface area contributed by atoms with E-state index in [0.717, 1.165) is 32.1 Å². The van der Waals surface area contributed by atoms with Crippen molar-refractivity contribution in [3.05, 3.63) is 0 Å². The fourth-order valence-electron chi connectivity index (χ4n) is 5.46. The first kappa shape index (κ1) is 31.3. The Bertz CT molecular complexity index is 722. The van der Waals surface area contributed by atoms with Gasteiger partial charge in [0.15, 0.2) is 0 Å². The standard InChI is InChI=1S/C25H44ClF2N3O5S/c1-14(26)18(22-20(33)19(32)21(34)24(36-22)37-2)31-23(35)17-9-8-15(10-12-30-17)5-4-11-29-13-25(27,28)16-6-3-7-16/h14-22,24,29-30,32-34H,3-13H2,1-2H3,(H,31,35)/t14-,15-,17-,18+,19-,20+,21+,22+,24+/m0/s1. The first-order valence-corrected chi connectivity index (χ1v) is 15.3. The van der Waals surface area contributed by atoms with Crippen molar-refractivity contribution in [2.24, 2.45) is 11.8 Å². The zero-order valence-corrected chi connectivity index (χ0v) is 23.3. The summed E-state index contributed by atoms with van der Waals surface area (Å²) in [6.07, 6.45) is 2.93. The molecule has 9 atom stereocenters. The number of carbonyl (C=O) groups excluding carboxylic acids is 1. The highest BCUT2D eigenvalue weighted by atomic mass is 35.5. The summed E-state index contributed by atoms with van der Waals surface area (Å²) in [5.41, 5.74) is -0.756. The molecule has 216 valence electrons. The van der Waals surface area contributed by atoms with Crippen molar-refractivity contribution >= 4 is 29.3 Å². The van der Waals surface area contributed by atoms with Gasteiger partial charge in [-0.2, -0.15) is 0 Å². The molecule has 3 aliphatic rings. The molecule has 0 bridgehead atoms. The summed E-state index contributed by atoms with van der Waals surface area (Å²) in [7, 11) is 0. The number of aliphatic hydroxyl groups is 3. The number of thioether (sulfide) groups is 1. The van der Waals surface area contributed by atoms with E-state index in [2.05, 4.69) is 16.0 Å². The largest absolute Gasteiger partial charge is 0.388 e. The van der Waals surface area contributed by atoms with Crippen LogP contribution >= 0.6 is 23.4 Å². The number of halogens is 3. The fourth-order valence-corrected chi connectivity index (χ4v) is 6.34. The molecule has 6 N–H and O–H groups in total. The maximum atomic E-state index is 14.0. The van der Waals surface area contributed by atoms with Crippen molar-refractivity contribution < 1.29 is 33.6 Å². The Morgan fingerprint density at radius 1 is 1.16 bits per heavy atom. The molecule has 1 saturated carbocycles. The van der Waals surface area contributed by atoms with Crippen LogP contribution in [0.3, 0.4) is 0 Å². The number of amides is 1. The van der Waals surface area contributed by atoms with Gasteiger partial charge in [0.25, 0.3) is 5.92 Å². The normalized spacial score (nSPS) is 35.3. The smallest absolute Gasteiger partial charge is 0.263 e. The minimum atomic E-state index is -2.61. The van der Waals surface area contributed by atoms with Crippen molar-refractivity contribution in [2.45, 2.75) is 112 Å². The zero-order valence-electron chi connectivity index (χ0n) is 21.8. The van der Waals surface area contributed by atoms with Gasteiger partial charge in [-0.3, -0.25) is 4.79 Å². The van der Waals surface area contributed by atoms with Gasteiger partial charge in [-0.15, -0.1) is 23.4 Å². The summed E-state index contributed by atoms with van der Waals surface area (Å²) in [4.78, 5) is 13.1. The molecule has 0 aromatic rings. The fraction of sp³-hybridized carbons (Fsp3) is 0.960. The van der Waals surface area contributed by atoms with E-state index in [9.17, 15) is 28.9 Å². The summed E-state index contributed by atoms with van der Waals surface area (Å²) in [6.45, 7) is 2.66. The SMILES string of the molecule is CS[C@H]1O[C@H]([C@H](NC(=O)[C@@H]2CC[C@H](CCCNCC(F)(F)C3CCC3)CCN2)[C@H](C)Cl)[C@H](O)[C@H](O)[C@H]1O. The topological polar surface area (TPSA) is 123 Å². The third-order valence-electron chi connectivity index (χ3n) is 8.15. The molecule has 2 heterocycles. The van der Waals surface area contributed by atoms with Crippen LogP contribution in [0.4, 0.5) is 8.78 Å². The Morgan fingerprint density at radius 3 is 2.51 bits per heavy atom. The van der Waals surface area contributed by atoms with Crippen LogP contribution in [-0.2, 0) is 9.53 Å². The van der Waals surface area contributed by atoms with E-state index >= 15 is 0 Å². The molecular weight excluding hydrogens is 528 g/mol. The third kappa shape index (κ3) is 8.36. The first-order chi connectivity index (χ1) is 17.5. The van der Waals surface area contributed by atoms with Crippen molar-refractivity contribution in [1.29, 1.82) is 0 Å². The average molecular weight is 572 g/mol. The Kier molecular flexibility index (Phi) is 12.2. The van der Waals surface area contributed by atoms with Crippen LogP contribution in [-0.4, -0.2) is 100 Å². The predicted molar refractivity (Wildman–Crippen MR) is 141 cm³/mol. The van der Waals surface area contributed by atoms with E-state index in [1.807, 2.05) is 0 Å². The molecule has 0 unspecified atom stereocenters. The lowest BCUT2D eigenvalue weighted by Crippen LogP contribution is -2.65. The Morgan fingerprint density at radius 2 is 1.89 bits per heavy atom. The van der Waals surface area contributed by atoms with Crippen molar-refractivity contribution in [3.8, 4) is 0 Å². The number of rotatable bonds is 12. The minimum absolute atomic E-state index is 0.251. The highest BCUT2D eigenvalue weighted by Crippen LogP contribution is 2.39. The summed E-state index contributed by atoms with van der Waals surface area (Å²) in [5.74, 6) is -2.93. The van der Waals surface area contributed by atoms with E-state index in [4.69, 9.17) is 16.3 Å². The molecule has 2 aliphatic heterocycles. The van der Waals surface area contributed by atoms with E-state index in [0.29, 0.717) is 38.3 Å². The van der Waals surface area contributed by atoms with Gasteiger partial charge in [0.1, 0.15) is 29.9 Å². The molecule has 0 aromatic heterocycles. The van der Waals surface area contributed by atoms with Gasteiger partial charge in [0.05, 0.1) is 24.0 Å². The molecule has 2 saturated heterocycles. The Labute approximate surface area is 228 Å². The lowest BCUT2D eigenvalue weighted by atomic mass is 9.80. The number of alkyl halides is 3. The minimum Gasteiger partial charge on any atom is -0.388 e. The molecule has 37 heavy (non-hydrogen) atoms. The van der Waals surface area contributed by atoms with Gasteiger partial charge in [-0.1, -0.05) is 6.42 Å². The maximum absolute atomic E-state index is 14.0. The lowest BCUT2D eigenvalue weighted by molar-refractivity contribution is -0.205. The number of aliphatic hydroxyl groups excluding tert-OH is 3. The highest BCUT2D eigenvalue weighted by Gasteiger charge is 2.48. The molecule has 1 amide bonds. The quantitative estimate of drug-likeness (QED) is 0.155. The van der Waals surface area contributed by atoms with Crippen LogP contribution in [0.25, 0.3) is 0 Å². The molecular formula is C25H44ClF2N3O5S. The number of hydrogen-bond donors (Lipinski definition) is 6. The van der Waals surface area contributed by atoms with E-state index in [1.54, 1.807) is 13.2 Å². The van der Waals surface area contributed by atoms with Gasteiger partial charge in [0.2, 0.25) is 5.91 Å². The van der Waals surface area contributed by atoms with Gasteiger partial charge in [-0.05, 0) is 77.1 Å². The summed E-state index contributed by atoms with van der Waals surface area (Å²) >= 11 is 7.57. The predicted octanol–water partition coefficient (Wildman–Crippen LogP) is 1.83. The van der Waals surface area contributed by atoms with Crippen LogP contribution in [0.2, 0.25) is 0 Å². The number of hydrogen-bond acceptors (Lipinski definition) is 8. The van der Waals surface area contributed by atoms with Crippen LogP contribution in [0.5, 0.6) is 0 Å². The van der Waals surface area contributed by atoms with E-state index in [1.165, 1.54) is 11.8 Å². The highest BCUT2D eigenvalue weighted by molar-refractivity contribution is 7.99. The summed E-state index contributed by atoms with van der Waals surface area (Å²) in [5, 5.41) is 39.5. The Balaban J connectivity index is 1.43. The molecule has 1 aliphatic carbocycles. The third-order valence-corrected chi connectivity index (χ3v) is 9.28. The summed E-state index contributed by atoms with van der Waals surface area (Å²) < 4.78 is 33.9. The van der Waals surface area contributed by atoms with Gasteiger partial charge in [-0.25, -0.2) is 8.78 Å². The van der Waals surface area contributed by atoms with Crippen LogP contribution in [0.1, 0.15) is 58.3 Å². The van der Waals surface area contributed by atoms with Gasteiger partial charge < -0.3 is 36.0 Å². The monoisotopic (exact) mass is 571 g/mol. The average Bonchev–Trinajstić information content (AvgIpc) is 3.05. The summed E-state index contributed by atoms with van der Waals surface area (Å²) in [6, 6.07) is -1.21. The zero-order chi connectivity index (χ0) is 27.2. The van der Waals surface area contributed by atoms with E-state index < -0.39 is 59.2 Å². The molecule has 3 fully saturated rings. The van der Waals surface area contributed by atoms with Gasteiger partial charge >= 0.3 is 0 Å². The molecule has 12 heteroatoms. The lowest BCUT2D eigenvalue weighted by Gasteiger charge is -2.44. The molecule has 3 rings (SSSR count). The van der Waals surface area contributed by atoms with E-state index in [-0.39, 0.29) is 12.5 Å². The molecule has 0 radical (unpaired) electrons. The first-order valence-electron chi connectivity index (χ1n) is 13.5. The molecule has 8 nitrogen and oxygen atoms in total. The second-order valence-electron chi connectivity index (χ2n) is 10.8. The molecule has 0 spiro atoms. The second-order valence-corrected chi connectivity index (χ2v) is 12.5. The van der Waals surface area contributed by atoms with Crippen molar-refractivity contribution in [2.75, 3.05) is 25.9 Å². The van der Waals surface area contributed by atoms with Crippen molar-refractivity contribution in [3.63, 3.8) is 0 Å².